The summed E-state index contributed by atoms with van der Waals surface area (Å²) in [5, 5.41) is 15.9. The van der Waals surface area contributed by atoms with E-state index in [0.717, 1.165) is 31.5 Å². The van der Waals surface area contributed by atoms with Gasteiger partial charge in [-0.25, -0.2) is 4.98 Å². The van der Waals surface area contributed by atoms with Crippen LogP contribution in [-0.4, -0.2) is 58.3 Å². The molecule has 2 amide bonds. The summed E-state index contributed by atoms with van der Waals surface area (Å²) >= 11 is 12.2. The van der Waals surface area contributed by atoms with Crippen LogP contribution in [0.15, 0.2) is 36.5 Å². The molecule has 8 nitrogen and oxygen atoms in total. The van der Waals surface area contributed by atoms with E-state index in [1.54, 1.807) is 51.2 Å². The quantitative estimate of drug-likeness (QED) is 0.473. The van der Waals surface area contributed by atoms with Crippen molar-refractivity contribution in [1.82, 2.24) is 15.6 Å². The highest BCUT2D eigenvalue weighted by Gasteiger charge is 2.43. The van der Waals surface area contributed by atoms with Gasteiger partial charge in [-0.3, -0.25) is 9.59 Å². The van der Waals surface area contributed by atoms with Crippen molar-refractivity contribution in [3.05, 3.63) is 52.1 Å². The van der Waals surface area contributed by atoms with Gasteiger partial charge in [0.15, 0.2) is 5.60 Å². The number of benzene rings is 1. The van der Waals surface area contributed by atoms with Gasteiger partial charge in [-0.2, -0.15) is 0 Å². The molecule has 3 N–H and O–H groups in total. The number of anilines is 1. The number of ether oxygens (including phenoxy) is 1. The largest absolute Gasteiger partial charge is 0.476 e. The van der Waals surface area contributed by atoms with Crippen molar-refractivity contribution in [2.75, 3.05) is 11.5 Å². The zero-order chi connectivity index (χ0) is 26.0. The van der Waals surface area contributed by atoms with Gasteiger partial charge >= 0.3 is 0 Å². The lowest BCUT2D eigenvalue weighted by atomic mass is 9.96. The maximum atomic E-state index is 13.1. The smallest absolute Gasteiger partial charge is 0.263 e. The summed E-state index contributed by atoms with van der Waals surface area (Å²) in [4.78, 5) is 32.3. The van der Waals surface area contributed by atoms with Crippen LogP contribution in [0.4, 0.5) is 5.82 Å². The maximum absolute atomic E-state index is 13.1. The first-order chi connectivity index (χ1) is 17.1. The summed E-state index contributed by atoms with van der Waals surface area (Å²) in [6, 6.07) is 8.77. The molecule has 2 aliphatic heterocycles. The van der Waals surface area contributed by atoms with E-state index in [1.807, 2.05) is 6.07 Å². The average molecular weight is 535 g/mol. The van der Waals surface area contributed by atoms with Crippen LogP contribution >= 0.6 is 23.2 Å². The number of aliphatic hydroxyl groups excluding tert-OH is 1. The summed E-state index contributed by atoms with van der Waals surface area (Å²) in [6.07, 6.45) is 5.23. The molecule has 0 radical (unpaired) electrons. The number of rotatable bonds is 8. The molecule has 2 saturated heterocycles. The van der Waals surface area contributed by atoms with E-state index in [1.165, 1.54) is 0 Å². The van der Waals surface area contributed by atoms with Crippen molar-refractivity contribution >= 4 is 40.8 Å². The third-order valence-electron chi connectivity index (χ3n) is 6.80. The highest BCUT2D eigenvalue weighted by molar-refractivity contribution is 6.35. The number of aromatic nitrogens is 1. The van der Waals surface area contributed by atoms with Crippen molar-refractivity contribution in [3.63, 3.8) is 0 Å². The minimum absolute atomic E-state index is 0.0276. The van der Waals surface area contributed by atoms with E-state index < -0.39 is 5.60 Å². The molecule has 2 aromatic rings. The van der Waals surface area contributed by atoms with E-state index in [2.05, 4.69) is 20.5 Å². The number of nitrogens with one attached hydrogen (secondary N) is 2. The van der Waals surface area contributed by atoms with Gasteiger partial charge in [0.2, 0.25) is 0 Å². The lowest BCUT2D eigenvalue weighted by molar-refractivity contribution is -0.135. The molecule has 2 bridgehead atoms. The number of fused-ring (bicyclic) bond motifs is 2. The third-order valence-corrected chi connectivity index (χ3v) is 7.33. The second kappa shape index (κ2) is 10.8. The Hall–Kier alpha value is -2.55. The summed E-state index contributed by atoms with van der Waals surface area (Å²) < 4.78 is 5.94. The number of piperidine rings is 1. The topological polar surface area (TPSA) is 104 Å². The Balaban J connectivity index is 1.37. The fourth-order valence-corrected chi connectivity index (χ4v) is 5.38. The molecule has 10 heteroatoms. The van der Waals surface area contributed by atoms with Gasteiger partial charge in [0.05, 0.1) is 17.2 Å². The lowest BCUT2D eigenvalue weighted by Gasteiger charge is -2.40. The molecule has 0 aliphatic carbocycles. The predicted octanol–water partition coefficient (Wildman–Crippen LogP) is 3.97. The second-order valence-electron chi connectivity index (χ2n) is 10.1. The Kier molecular flexibility index (Phi) is 7.97. The van der Waals surface area contributed by atoms with E-state index in [9.17, 15) is 9.59 Å². The number of aliphatic hydroxyl groups is 1. The first kappa shape index (κ1) is 26.5. The Morgan fingerprint density at radius 3 is 2.47 bits per heavy atom. The normalized spacial score (nSPS) is 22.2. The number of halogens is 2. The molecule has 4 atom stereocenters. The van der Waals surface area contributed by atoms with Gasteiger partial charge in [0.25, 0.3) is 11.8 Å². The zero-order valence-corrected chi connectivity index (χ0v) is 22.1. The molecule has 2 aliphatic rings. The molecule has 0 saturated carbocycles. The number of carbonyl (C=O) groups is 2. The third kappa shape index (κ3) is 5.88. The Labute approximate surface area is 221 Å². The molecule has 1 aromatic carbocycles. The Morgan fingerprint density at radius 2 is 1.89 bits per heavy atom. The number of pyridine rings is 1. The average Bonchev–Trinajstić information content (AvgIpc) is 3.10. The van der Waals surface area contributed by atoms with Crippen LogP contribution < -0.4 is 20.3 Å². The number of hydrogen-bond donors (Lipinski definition) is 3. The fourth-order valence-electron chi connectivity index (χ4n) is 4.93. The molecule has 194 valence electrons. The van der Waals surface area contributed by atoms with Crippen LogP contribution in [-0.2, 0) is 4.79 Å². The minimum atomic E-state index is -1.11. The molecule has 4 rings (SSSR count). The molecule has 3 heterocycles. The summed E-state index contributed by atoms with van der Waals surface area (Å²) in [7, 11) is 0. The van der Waals surface area contributed by atoms with Crippen molar-refractivity contribution in [1.29, 1.82) is 0 Å². The summed E-state index contributed by atoms with van der Waals surface area (Å²) in [6.45, 7) is 5.06. The van der Waals surface area contributed by atoms with Gasteiger partial charge in [-0.15, -0.1) is 0 Å². The number of hydrogen-bond acceptors (Lipinski definition) is 6. The minimum Gasteiger partial charge on any atom is -0.476 e. The lowest BCUT2D eigenvalue weighted by Crippen LogP contribution is -2.55. The van der Waals surface area contributed by atoms with Gasteiger partial charge in [0.1, 0.15) is 11.6 Å². The monoisotopic (exact) mass is 534 g/mol. The summed E-state index contributed by atoms with van der Waals surface area (Å²) in [5.74, 6) is 0.784. The SMILES string of the molecule is C[C@@H](CO)NC(=O)c1ccc(N2[C@@H]3CC[C@H]2CC(NC(=O)C(C)(C)Oc2ccc(Cl)cc2Cl)C3)nc1. The van der Waals surface area contributed by atoms with Gasteiger partial charge < -0.3 is 25.4 Å². The Bertz CT molecular complexity index is 1100. The second-order valence-corrected chi connectivity index (χ2v) is 10.9. The maximum Gasteiger partial charge on any atom is 0.263 e. The van der Waals surface area contributed by atoms with Gasteiger partial charge in [-0.05, 0) is 76.8 Å². The van der Waals surface area contributed by atoms with Gasteiger partial charge in [-0.1, -0.05) is 23.2 Å². The van der Waals surface area contributed by atoms with E-state index in [0.29, 0.717) is 21.4 Å². The highest BCUT2D eigenvalue weighted by atomic mass is 35.5. The first-order valence-electron chi connectivity index (χ1n) is 12.2. The standard InChI is InChI=1S/C26H32Cl2N4O4/c1-15(14-33)30-24(34)16-4-9-23(29-13-16)32-19-6-7-20(32)12-18(11-19)31-25(35)26(2,3)36-22-8-5-17(27)10-21(22)28/h4-5,8-10,13,15,18-20,33H,6-7,11-12,14H2,1-3H3,(H,30,34)(H,31,35)/t15-,18?,19-,20+/m0/s1. The molecule has 36 heavy (non-hydrogen) atoms. The number of nitrogens with zero attached hydrogens (tertiary/aromatic N) is 2. The van der Waals surface area contributed by atoms with Crippen LogP contribution in [0.25, 0.3) is 0 Å². The van der Waals surface area contributed by atoms with E-state index in [4.69, 9.17) is 33.0 Å². The summed E-state index contributed by atoms with van der Waals surface area (Å²) in [5.41, 5.74) is -0.657. The Morgan fingerprint density at radius 1 is 1.19 bits per heavy atom. The van der Waals surface area contributed by atoms with Crippen LogP contribution in [0.3, 0.4) is 0 Å². The van der Waals surface area contributed by atoms with Gasteiger partial charge in [0, 0.05) is 35.4 Å². The van der Waals surface area contributed by atoms with Crippen LogP contribution in [0.2, 0.25) is 10.0 Å². The van der Waals surface area contributed by atoms with Crippen molar-refractivity contribution < 1.29 is 19.4 Å². The van der Waals surface area contributed by atoms with E-state index >= 15 is 0 Å². The molecular weight excluding hydrogens is 503 g/mol. The number of carbonyl (C=O) groups excluding carboxylic acids is 2. The molecule has 2 fully saturated rings. The van der Waals surface area contributed by atoms with Crippen molar-refractivity contribution in [2.24, 2.45) is 0 Å². The van der Waals surface area contributed by atoms with Crippen LogP contribution in [0, 0.1) is 0 Å². The fraction of sp³-hybridized carbons (Fsp3) is 0.500. The first-order valence-corrected chi connectivity index (χ1v) is 12.9. The highest BCUT2D eigenvalue weighted by Crippen LogP contribution is 2.39. The zero-order valence-electron chi connectivity index (χ0n) is 20.6. The molecular formula is C26H32Cl2N4O4. The van der Waals surface area contributed by atoms with Crippen LogP contribution in [0.1, 0.15) is 56.8 Å². The molecule has 1 aromatic heterocycles. The van der Waals surface area contributed by atoms with Crippen LogP contribution in [0.5, 0.6) is 5.75 Å². The van der Waals surface area contributed by atoms with Crippen molar-refractivity contribution in [3.8, 4) is 5.75 Å². The molecule has 0 spiro atoms. The van der Waals surface area contributed by atoms with E-state index in [-0.39, 0.29) is 42.6 Å². The molecule has 1 unspecified atom stereocenters. The predicted molar refractivity (Wildman–Crippen MR) is 140 cm³/mol. The number of amides is 2. The van der Waals surface area contributed by atoms with Crippen molar-refractivity contribution in [2.45, 2.75) is 76.2 Å².